The Labute approximate surface area is 120 Å². The molecule has 5 nitrogen and oxygen atoms in total. The van der Waals surface area contributed by atoms with E-state index in [1.165, 1.54) is 0 Å². The van der Waals surface area contributed by atoms with E-state index in [4.69, 9.17) is 19.9 Å². The van der Waals surface area contributed by atoms with Gasteiger partial charge in [-0.15, -0.1) is 0 Å². The predicted molar refractivity (Wildman–Crippen MR) is 77.1 cm³/mol. The first kappa shape index (κ1) is 16.3. The molecule has 20 heavy (non-hydrogen) atoms. The van der Waals surface area contributed by atoms with Crippen molar-refractivity contribution >= 4 is 5.97 Å². The van der Waals surface area contributed by atoms with Crippen LogP contribution in [0.4, 0.5) is 0 Å². The molecule has 0 spiro atoms. The molecule has 1 aromatic carbocycles. The zero-order valence-electron chi connectivity index (χ0n) is 12.3. The monoisotopic (exact) mass is 281 g/mol. The molecule has 0 fully saturated rings. The van der Waals surface area contributed by atoms with Crippen molar-refractivity contribution in [3.8, 4) is 11.5 Å². The first-order valence-electron chi connectivity index (χ1n) is 6.84. The minimum atomic E-state index is -0.703. The molecule has 112 valence electrons. The molecule has 1 aromatic rings. The topological polar surface area (TPSA) is 70.8 Å². The van der Waals surface area contributed by atoms with E-state index in [9.17, 15) is 4.79 Å². The highest BCUT2D eigenvalue weighted by molar-refractivity contribution is 5.76. The number of nitrogens with two attached hydrogens (primary N) is 1. The molecule has 0 aliphatic heterocycles. The van der Waals surface area contributed by atoms with Crippen LogP contribution < -0.4 is 15.2 Å². The van der Waals surface area contributed by atoms with Crippen molar-refractivity contribution in [2.75, 3.05) is 20.3 Å². The smallest absolute Gasteiger partial charge is 0.323 e. The van der Waals surface area contributed by atoms with E-state index in [1.807, 2.05) is 25.1 Å². The van der Waals surface area contributed by atoms with Gasteiger partial charge in [0.25, 0.3) is 0 Å². The summed E-state index contributed by atoms with van der Waals surface area (Å²) in [6.45, 7) is 4.69. The van der Waals surface area contributed by atoms with Crippen LogP contribution in [0.25, 0.3) is 0 Å². The fraction of sp³-hybridized carbons (Fsp3) is 0.533. The number of hydrogen-bond donors (Lipinski definition) is 1. The Bertz CT molecular complexity index is 434. The molecular formula is C15H23NO4. The van der Waals surface area contributed by atoms with Gasteiger partial charge in [0.05, 0.1) is 20.3 Å². The first-order chi connectivity index (χ1) is 9.63. The summed E-state index contributed by atoms with van der Waals surface area (Å²) in [5.74, 6) is 0.889. The number of ether oxygens (including phenoxy) is 3. The summed E-state index contributed by atoms with van der Waals surface area (Å²) in [5.41, 5.74) is 6.70. The van der Waals surface area contributed by atoms with Crippen molar-refractivity contribution in [3.05, 3.63) is 23.8 Å². The Morgan fingerprint density at radius 1 is 1.35 bits per heavy atom. The fourth-order valence-electron chi connectivity index (χ4n) is 1.82. The summed E-state index contributed by atoms with van der Waals surface area (Å²) in [6, 6.07) is 4.85. The highest BCUT2D eigenvalue weighted by Gasteiger charge is 2.19. The zero-order valence-corrected chi connectivity index (χ0v) is 12.3. The van der Waals surface area contributed by atoms with Gasteiger partial charge < -0.3 is 19.9 Å². The normalized spacial score (nSPS) is 11.8. The van der Waals surface area contributed by atoms with E-state index in [1.54, 1.807) is 14.0 Å². The molecule has 0 radical (unpaired) electrons. The molecule has 0 aliphatic rings. The molecule has 0 aliphatic carbocycles. The van der Waals surface area contributed by atoms with Crippen LogP contribution >= 0.6 is 0 Å². The summed E-state index contributed by atoms with van der Waals surface area (Å²) in [5, 5.41) is 0. The van der Waals surface area contributed by atoms with Gasteiger partial charge in [-0.2, -0.15) is 0 Å². The van der Waals surface area contributed by atoms with Gasteiger partial charge in [0.1, 0.15) is 6.04 Å². The second-order valence-corrected chi connectivity index (χ2v) is 4.36. The number of methoxy groups -OCH3 is 1. The maximum absolute atomic E-state index is 11.6. The van der Waals surface area contributed by atoms with Crippen molar-refractivity contribution in [1.29, 1.82) is 0 Å². The molecule has 1 atom stereocenters. The number of benzene rings is 1. The Morgan fingerprint density at radius 2 is 2.10 bits per heavy atom. The summed E-state index contributed by atoms with van der Waals surface area (Å²) < 4.78 is 15.9. The van der Waals surface area contributed by atoms with E-state index in [2.05, 4.69) is 0 Å². The van der Waals surface area contributed by atoms with Crippen molar-refractivity contribution in [3.63, 3.8) is 0 Å². The summed E-state index contributed by atoms with van der Waals surface area (Å²) >= 11 is 0. The molecule has 1 rings (SSSR count). The Kier molecular flexibility index (Phi) is 6.87. The Hall–Kier alpha value is -1.75. The number of hydrogen-bond acceptors (Lipinski definition) is 5. The largest absolute Gasteiger partial charge is 0.493 e. The van der Waals surface area contributed by atoms with Crippen LogP contribution in [0.5, 0.6) is 11.5 Å². The van der Waals surface area contributed by atoms with E-state index in [0.717, 1.165) is 12.0 Å². The highest BCUT2D eigenvalue weighted by atomic mass is 16.5. The number of rotatable bonds is 8. The van der Waals surface area contributed by atoms with Crippen LogP contribution in [-0.4, -0.2) is 32.3 Å². The third-order valence-electron chi connectivity index (χ3n) is 2.76. The number of carbonyl (C=O) groups excluding carboxylic acids is 1. The molecule has 0 amide bonds. The maximum atomic E-state index is 11.6. The lowest BCUT2D eigenvalue weighted by molar-refractivity contribution is -0.144. The van der Waals surface area contributed by atoms with Crippen LogP contribution in [0.15, 0.2) is 18.2 Å². The van der Waals surface area contributed by atoms with Crippen molar-refractivity contribution in [2.45, 2.75) is 32.7 Å². The van der Waals surface area contributed by atoms with Crippen LogP contribution in [0.1, 0.15) is 25.8 Å². The molecule has 0 bridgehead atoms. The van der Waals surface area contributed by atoms with Crippen LogP contribution in [0.2, 0.25) is 0 Å². The minimum Gasteiger partial charge on any atom is -0.493 e. The molecule has 0 heterocycles. The van der Waals surface area contributed by atoms with Crippen LogP contribution in [0, 0.1) is 0 Å². The van der Waals surface area contributed by atoms with Gasteiger partial charge in [-0.05, 0) is 19.4 Å². The van der Waals surface area contributed by atoms with Crippen molar-refractivity contribution < 1.29 is 19.0 Å². The van der Waals surface area contributed by atoms with Gasteiger partial charge in [-0.1, -0.05) is 19.1 Å². The summed E-state index contributed by atoms with van der Waals surface area (Å²) in [4.78, 5) is 11.6. The minimum absolute atomic E-state index is 0.323. The third kappa shape index (κ3) is 4.42. The molecule has 0 aromatic heterocycles. The Morgan fingerprint density at radius 3 is 2.70 bits per heavy atom. The Balaban J connectivity index is 2.89. The molecular weight excluding hydrogens is 258 g/mol. The lowest BCUT2D eigenvalue weighted by Crippen LogP contribution is -2.34. The van der Waals surface area contributed by atoms with E-state index in [-0.39, 0.29) is 0 Å². The number of esters is 1. The van der Waals surface area contributed by atoms with Crippen LogP contribution in [-0.2, 0) is 16.0 Å². The lowest BCUT2D eigenvalue weighted by atomic mass is 10.0. The summed E-state index contributed by atoms with van der Waals surface area (Å²) in [7, 11) is 1.59. The van der Waals surface area contributed by atoms with Gasteiger partial charge in [-0.25, -0.2) is 0 Å². The van der Waals surface area contributed by atoms with Gasteiger partial charge in [-0.3, -0.25) is 4.79 Å². The predicted octanol–water partition coefficient (Wildman–Crippen LogP) is 1.92. The number of para-hydroxylation sites is 1. The molecule has 1 unspecified atom stereocenters. The van der Waals surface area contributed by atoms with Gasteiger partial charge in [0.15, 0.2) is 11.5 Å². The average Bonchev–Trinajstić information content (AvgIpc) is 2.45. The standard InChI is InChI=1S/C15H23NO4/c1-4-9-20-14-11(7-6-8-13(14)18-3)10-12(16)15(17)19-5-2/h6-8,12H,4-5,9-10,16H2,1-3H3. The quantitative estimate of drug-likeness (QED) is 0.737. The number of carbonyl (C=O) groups is 1. The van der Waals surface area contributed by atoms with Gasteiger partial charge >= 0.3 is 5.97 Å². The van der Waals surface area contributed by atoms with Crippen molar-refractivity contribution in [2.24, 2.45) is 5.73 Å². The average molecular weight is 281 g/mol. The lowest BCUT2D eigenvalue weighted by Gasteiger charge is -2.17. The summed E-state index contributed by atoms with van der Waals surface area (Å²) in [6.07, 6.45) is 1.25. The molecule has 0 saturated carbocycles. The maximum Gasteiger partial charge on any atom is 0.323 e. The second kappa shape index (κ2) is 8.43. The fourth-order valence-corrected chi connectivity index (χ4v) is 1.82. The van der Waals surface area contributed by atoms with Crippen molar-refractivity contribution in [1.82, 2.24) is 0 Å². The van der Waals surface area contributed by atoms with Gasteiger partial charge in [0, 0.05) is 12.0 Å². The van der Waals surface area contributed by atoms with E-state index >= 15 is 0 Å². The van der Waals surface area contributed by atoms with E-state index < -0.39 is 12.0 Å². The molecule has 5 heteroatoms. The SMILES string of the molecule is CCCOc1c(CC(N)C(=O)OCC)cccc1OC. The molecule has 2 N–H and O–H groups in total. The second-order valence-electron chi connectivity index (χ2n) is 4.36. The molecule has 0 saturated heterocycles. The van der Waals surface area contributed by atoms with Gasteiger partial charge in [0.2, 0.25) is 0 Å². The zero-order chi connectivity index (χ0) is 15.0. The third-order valence-corrected chi connectivity index (χ3v) is 2.76. The van der Waals surface area contributed by atoms with E-state index in [0.29, 0.717) is 31.1 Å². The highest BCUT2D eigenvalue weighted by Crippen LogP contribution is 2.32. The van der Waals surface area contributed by atoms with Crippen LogP contribution in [0.3, 0.4) is 0 Å². The first-order valence-corrected chi connectivity index (χ1v) is 6.84.